The van der Waals surface area contributed by atoms with Crippen LogP contribution in [-0.4, -0.2) is 15.5 Å². The van der Waals surface area contributed by atoms with E-state index in [1.165, 1.54) is 11.3 Å². The smallest absolute Gasteiger partial charge is 0.271 e. The van der Waals surface area contributed by atoms with Crippen LogP contribution in [0.3, 0.4) is 0 Å². The zero-order valence-electron chi connectivity index (χ0n) is 11.1. The lowest BCUT2D eigenvalue weighted by Gasteiger charge is -2.09. The first-order valence-electron chi connectivity index (χ1n) is 5.94. The highest BCUT2D eigenvalue weighted by Gasteiger charge is 2.18. The van der Waals surface area contributed by atoms with Gasteiger partial charge in [-0.3, -0.25) is 4.72 Å². The zero-order chi connectivity index (χ0) is 14.8. The first-order chi connectivity index (χ1) is 9.44. The Labute approximate surface area is 131 Å². The SMILES string of the molecule is CNCc1csc(S(=O)(=O)Nc2cccc(C)c2Br)c1. The summed E-state index contributed by atoms with van der Waals surface area (Å²) in [5, 5.41) is 4.84. The van der Waals surface area contributed by atoms with Gasteiger partial charge in [-0.25, -0.2) is 8.42 Å². The van der Waals surface area contributed by atoms with Crippen LogP contribution >= 0.6 is 27.3 Å². The van der Waals surface area contributed by atoms with Crippen LogP contribution in [0.4, 0.5) is 5.69 Å². The molecule has 0 aliphatic rings. The molecule has 1 aromatic heterocycles. The van der Waals surface area contributed by atoms with Crippen molar-refractivity contribution < 1.29 is 8.42 Å². The lowest BCUT2D eigenvalue weighted by Crippen LogP contribution is -2.12. The molecule has 2 aromatic rings. The molecule has 1 aromatic carbocycles. The van der Waals surface area contributed by atoms with E-state index >= 15 is 0 Å². The lowest BCUT2D eigenvalue weighted by atomic mass is 10.2. The molecule has 0 amide bonds. The molecule has 0 aliphatic carbocycles. The number of hydrogen-bond donors (Lipinski definition) is 2. The monoisotopic (exact) mass is 374 g/mol. The molecule has 0 radical (unpaired) electrons. The second-order valence-electron chi connectivity index (χ2n) is 4.35. The summed E-state index contributed by atoms with van der Waals surface area (Å²) >= 11 is 4.62. The molecular weight excluding hydrogens is 360 g/mol. The van der Waals surface area contributed by atoms with Crippen molar-refractivity contribution in [2.45, 2.75) is 17.7 Å². The number of anilines is 1. The number of sulfonamides is 1. The van der Waals surface area contributed by atoms with E-state index in [2.05, 4.69) is 26.0 Å². The Morgan fingerprint density at radius 3 is 2.80 bits per heavy atom. The molecular formula is C13H15BrN2O2S2. The van der Waals surface area contributed by atoms with E-state index in [0.717, 1.165) is 15.6 Å². The topological polar surface area (TPSA) is 58.2 Å². The highest BCUT2D eigenvalue weighted by atomic mass is 79.9. The van der Waals surface area contributed by atoms with Crippen molar-refractivity contribution in [2.75, 3.05) is 11.8 Å². The van der Waals surface area contributed by atoms with Gasteiger partial charge in [-0.15, -0.1) is 11.3 Å². The number of nitrogens with one attached hydrogen (secondary N) is 2. The first kappa shape index (κ1) is 15.5. The molecule has 1 heterocycles. The van der Waals surface area contributed by atoms with E-state index in [4.69, 9.17) is 0 Å². The lowest BCUT2D eigenvalue weighted by molar-refractivity contribution is 0.603. The molecule has 4 nitrogen and oxygen atoms in total. The Balaban J connectivity index is 2.28. The molecule has 0 saturated heterocycles. The van der Waals surface area contributed by atoms with Gasteiger partial charge in [-0.1, -0.05) is 12.1 Å². The van der Waals surface area contributed by atoms with Crippen molar-refractivity contribution in [2.24, 2.45) is 0 Å². The summed E-state index contributed by atoms with van der Waals surface area (Å²) in [7, 11) is -1.71. The van der Waals surface area contributed by atoms with Crippen LogP contribution in [0.2, 0.25) is 0 Å². The molecule has 20 heavy (non-hydrogen) atoms. The number of thiophene rings is 1. The molecule has 0 saturated carbocycles. The molecule has 108 valence electrons. The van der Waals surface area contributed by atoms with Gasteiger partial charge in [-0.05, 0) is 58.5 Å². The fraction of sp³-hybridized carbons (Fsp3) is 0.231. The van der Waals surface area contributed by atoms with E-state index < -0.39 is 10.0 Å². The molecule has 0 fully saturated rings. The minimum Gasteiger partial charge on any atom is -0.316 e. The largest absolute Gasteiger partial charge is 0.316 e. The summed E-state index contributed by atoms with van der Waals surface area (Å²) < 4.78 is 28.4. The maximum absolute atomic E-state index is 12.3. The molecule has 0 spiro atoms. The van der Waals surface area contributed by atoms with Crippen LogP contribution < -0.4 is 10.0 Å². The zero-order valence-corrected chi connectivity index (χ0v) is 14.3. The number of benzene rings is 1. The van der Waals surface area contributed by atoms with Gasteiger partial charge >= 0.3 is 0 Å². The quantitative estimate of drug-likeness (QED) is 0.843. The van der Waals surface area contributed by atoms with Gasteiger partial charge in [0.15, 0.2) is 0 Å². The molecule has 0 atom stereocenters. The summed E-state index contributed by atoms with van der Waals surface area (Å²) in [6, 6.07) is 7.15. The Bertz CT molecular complexity index is 711. The summed E-state index contributed by atoms with van der Waals surface area (Å²) in [6.45, 7) is 2.57. The van der Waals surface area contributed by atoms with Gasteiger partial charge in [0, 0.05) is 11.0 Å². The number of halogens is 1. The maximum Gasteiger partial charge on any atom is 0.271 e. The normalized spacial score (nSPS) is 11.6. The van der Waals surface area contributed by atoms with E-state index in [1.54, 1.807) is 12.1 Å². The highest BCUT2D eigenvalue weighted by Crippen LogP contribution is 2.29. The van der Waals surface area contributed by atoms with Crippen LogP contribution in [0.15, 0.2) is 38.3 Å². The van der Waals surface area contributed by atoms with Gasteiger partial charge in [0.2, 0.25) is 0 Å². The molecule has 2 rings (SSSR count). The van der Waals surface area contributed by atoms with Gasteiger partial charge in [0.25, 0.3) is 10.0 Å². The van der Waals surface area contributed by atoms with Gasteiger partial charge < -0.3 is 5.32 Å². The average molecular weight is 375 g/mol. The third-order valence-electron chi connectivity index (χ3n) is 2.71. The Morgan fingerprint density at radius 2 is 2.10 bits per heavy atom. The molecule has 7 heteroatoms. The van der Waals surface area contributed by atoms with Crippen molar-refractivity contribution >= 4 is 43.0 Å². The van der Waals surface area contributed by atoms with E-state index in [-0.39, 0.29) is 0 Å². The summed E-state index contributed by atoms with van der Waals surface area (Å²) in [6.07, 6.45) is 0. The highest BCUT2D eigenvalue weighted by molar-refractivity contribution is 9.10. The molecule has 0 aliphatic heterocycles. The fourth-order valence-electron chi connectivity index (χ4n) is 1.71. The fourth-order valence-corrected chi connectivity index (χ4v) is 4.49. The van der Waals surface area contributed by atoms with Crippen molar-refractivity contribution in [3.8, 4) is 0 Å². The molecule has 0 unspecified atom stereocenters. The third kappa shape index (κ3) is 3.41. The van der Waals surface area contributed by atoms with Crippen LogP contribution in [0.25, 0.3) is 0 Å². The molecule has 2 N–H and O–H groups in total. The maximum atomic E-state index is 12.3. The number of rotatable bonds is 5. The van der Waals surface area contributed by atoms with Gasteiger partial charge in [-0.2, -0.15) is 0 Å². The van der Waals surface area contributed by atoms with Crippen LogP contribution in [0.5, 0.6) is 0 Å². The Hall–Kier alpha value is -0.890. The van der Waals surface area contributed by atoms with Crippen molar-refractivity contribution in [3.05, 3.63) is 45.2 Å². The van der Waals surface area contributed by atoms with Gasteiger partial charge in [0.1, 0.15) is 4.21 Å². The first-order valence-corrected chi connectivity index (χ1v) is 9.09. The molecule has 0 bridgehead atoms. The third-order valence-corrected chi connectivity index (χ3v) is 6.62. The summed E-state index contributed by atoms with van der Waals surface area (Å²) in [4.78, 5) is 0. The second kappa shape index (κ2) is 6.26. The van der Waals surface area contributed by atoms with Crippen LogP contribution in [0, 0.1) is 6.92 Å². The van der Waals surface area contributed by atoms with E-state index in [9.17, 15) is 8.42 Å². The van der Waals surface area contributed by atoms with Crippen LogP contribution in [-0.2, 0) is 16.6 Å². The standard InChI is InChI=1S/C13H15BrN2O2S2/c1-9-4-3-5-11(13(9)14)16-20(17,18)12-6-10(7-15-2)8-19-12/h3-6,8,15-16H,7H2,1-2H3. The summed E-state index contributed by atoms with van der Waals surface area (Å²) in [5.74, 6) is 0. The Morgan fingerprint density at radius 1 is 1.35 bits per heavy atom. The minimum absolute atomic E-state index is 0.316. The number of aryl methyl sites for hydroxylation is 1. The van der Waals surface area contributed by atoms with Crippen molar-refractivity contribution in [1.82, 2.24) is 5.32 Å². The second-order valence-corrected chi connectivity index (χ2v) is 7.96. The predicted molar refractivity (Wildman–Crippen MR) is 86.8 cm³/mol. The summed E-state index contributed by atoms with van der Waals surface area (Å²) in [5.41, 5.74) is 2.49. The number of hydrogen-bond acceptors (Lipinski definition) is 4. The van der Waals surface area contributed by atoms with Crippen molar-refractivity contribution in [1.29, 1.82) is 0 Å². The van der Waals surface area contributed by atoms with E-state index in [1.807, 2.05) is 31.5 Å². The predicted octanol–water partition coefficient (Wildman–Crippen LogP) is 3.34. The van der Waals surface area contributed by atoms with E-state index in [0.29, 0.717) is 16.4 Å². The Kier molecular flexibility index (Phi) is 4.85. The average Bonchev–Trinajstić information content (AvgIpc) is 2.85. The minimum atomic E-state index is -3.54. The van der Waals surface area contributed by atoms with Crippen LogP contribution in [0.1, 0.15) is 11.1 Å². The van der Waals surface area contributed by atoms with Crippen molar-refractivity contribution in [3.63, 3.8) is 0 Å². The van der Waals surface area contributed by atoms with Gasteiger partial charge in [0.05, 0.1) is 5.69 Å².